The molecule has 0 radical (unpaired) electrons. The smallest absolute Gasteiger partial charge is 0.329 e. The lowest BCUT2D eigenvalue weighted by Gasteiger charge is -2.38. The average molecular weight is 986 g/mol. The van der Waals surface area contributed by atoms with Crippen LogP contribution >= 0.6 is 0 Å². The van der Waals surface area contributed by atoms with Crippen molar-refractivity contribution in [2.45, 2.75) is 181 Å². The number of hydrogen-bond donors (Lipinski definition) is 2. The van der Waals surface area contributed by atoms with E-state index in [0.29, 0.717) is 57.5 Å². The maximum absolute atomic E-state index is 14.3. The highest BCUT2D eigenvalue weighted by Gasteiger charge is 2.42. The number of Topliss-reactive ketones (excluding diaryl/α,β-unsaturated/α-hetero) is 4. The molecule has 2 fully saturated rings. The second-order valence-electron chi connectivity index (χ2n) is 20.2. The van der Waals surface area contributed by atoms with Crippen molar-refractivity contribution in [1.82, 2.24) is 4.90 Å². The predicted octanol–water partition coefficient (Wildman–Crippen LogP) is 7.08. The first-order valence-electron chi connectivity index (χ1n) is 25.8. The van der Waals surface area contributed by atoms with Gasteiger partial charge in [0.2, 0.25) is 5.78 Å². The fourth-order valence-corrected chi connectivity index (χ4v) is 10.1. The molecule has 70 heavy (non-hydrogen) atoms. The zero-order valence-electron chi connectivity index (χ0n) is 44.1. The molecular weight excluding hydrogens is 899 g/mol. The van der Waals surface area contributed by atoms with E-state index in [0.717, 1.165) is 23.3 Å². The minimum atomic E-state index is -1.33. The normalized spacial score (nSPS) is 35.8. The third kappa shape index (κ3) is 18.7. The lowest BCUT2D eigenvalue weighted by molar-refractivity contribution is -0.166. The molecule has 1 saturated heterocycles. The highest BCUT2D eigenvalue weighted by molar-refractivity contribution is 6.63. The number of ether oxygens (including phenoxy) is 6. The van der Waals surface area contributed by atoms with Crippen molar-refractivity contribution in [3.05, 3.63) is 47.6 Å². The molecule has 0 spiro atoms. The van der Waals surface area contributed by atoms with Gasteiger partial charge in [-0.25, -0.2) is 4.79 Å². The minimum Gasteiger partial charge on any atom is -0.460 e. The molecule has 0 aromatic carbocycles. The molecule has 0 aromatic heterocycles. The molecule has 3 rings (SSSR count). The number of carbonyl (C=O) groups excluding carboxylic acids is 6. The van der Waals surface area contributed by atoms with Crippen molar-refractivity contribution in [3.63, 3.8) is 0 Å². The summed E-state index contributed by atoms with van der Waals surface area (Å²) in [6.45, 7) is 16.1. The number of carbonyl (C=O) groups is 6. The zero-order valence-corrected chi connectivity index (χ0v) is 44.1. The molecule has 1 saturated carbocycles. The zero-order chi connectivity index (χ0) is 52.1. The first kappa shape index (κ1) is 60.6. The number of piperidine rings is 1. The summed E-state index contributed by atoms with van der Waals surface area (Å²) >= 11 is 0. The summed E-state index contributed by atoms with van der Waals surface area (Å²) < 4.78 is 35.0. The Balaban J connectivity index is 1.97. The Morgan fingerprint density at radius 3 is 2.19 bits per heavy atom. The predicted molar refractivity (Wildman–Crippen MR) is 267 cm³/mol. The maximum Gasteiger partial charge on any atom is 0.329 e. The fraction of sp³-hybridized carbons (Fsp3) is 0.745. The van der Waals surface area contributed by atoms with E-state index in [1.165, 1.54) is 7.11 Å². The number of cyclic esters (lactones) is 1. The quantitative estimate of drug-likeness (QED) is 0.0920. The number of allylic oxidation sites excluding steroid dienone is 6. The number of amides is 1. The summed E-state index contributed by atoms with van der Waals surface area (Å²) in [5.41, 5.74) is 1.24. The van der Waals surface area contributed by atoms with Gasteiger partial charge < -0.3 is 43.5 Å². The van der Waals surface area contributed by atoms with Gasteiger partial charge in [-0.05, 0) is 114 Å². The van der Waals surface area contributed by atoms with Gasteiger partial charge in [0.05, 0.1) is 37.6 Å². The number of rotatable bonds is 11. The van der Waals surface area contributed by atoms with E-state index in [4.69, 9.17) is 28.4 Å². The van der Waals surface area contributed by atoms with Crippen LogP contribution in [0.25, 0.3) is 0 Å². The Morgan fingerprint density at radius 1 is 0.786 bits per heavy atom. The van der Waals surface area contributed by atoms with E-state index in [2.05, 4.69) is 0 Å². The summed E-state index contributed by atoms with van der Waals surface area (Å²) in [7, 11) is 4.59. The minimum absolute atomic E-state index is 0.0127. The lowest BCUT2D eigenvalue weighted by atomic mass is 9.78. The molecule has 0 aromatic rings. The van der Waals surface area contributed by atoms with E-state index in [1.807, 2.05) is 65.0 Å². The van der Waals surface area contributed by atoms with Gasteiger partial charge in [0.25, 0.3) is 11.7 Å². The summed E-state index contributed by atoms with van der Waals surface area (Å²) in [5, 5.41) is 22.5. The Morgan fingerprint density at radius 2 is 1.51 bits per heavy atom. The first-order chi connectivity index (χ1) is 33.3. The standard InChI is InChI=1S/C55H87NO14/c1-12-68-26-27-69-45-24-22-41(31-48(45)66-10)30-38(6)47-33-44(58)37(5)29-40(8)51(61)53(67-11)50(60)39(7)28-34(2)18-14-13-15-19-35(3)46(65-9)32-42(57)23-21-36(4)49(59)52(62)54(63)56-25-17-16-20-43(56)55(64)70-47/h13-15,18-19,29,34,36-39,41-43,45-48,51,53,57,61H,12,16-17,20-28,30-33H2,1-11H3/b15-13+,18-14+,35-19+,40-29+/t34-,36-,37-,38-,39-,41+,42+,43+,45-,46+,47+,48-,51-,53+/m1/s1. The largest absolute Gasteiger partial charge is 0.460 e. The topological polar surface area (TPSA) is 201 Å². The maximum atomic E-state index is 14.3. The Kier molecular flexibility index (Phi) is 26.9. The van der Waals surface area contributed by atoms with Gasteiger partial charge in [0.15, 0.2) is 5.78 Å². The number of nitrogens with zero attached hydrogens (tertiary/aromatic N) is 1. The molecular formula is C55H87NO14. The molecule has 0 unspecified atom stereocenters. The second-order valence-corrected chi connectivity index (χ2v) is 20.2. The van der Waals surface area contributed by atoms with Crippen LogP contribution in [0.1, 0.15) is 132 Å². The number of fused-ring (bicyclic) bond motifs is 1. The van der Waals surface area contributed by atoms with E-state index >= 15 is 0 Å². The Bertz CT molecular complexity index is 1820. The first-order valence-corrected chi connectivity index (χ1v) is 25.8. The molecule has 0 bridgehead atoms. The van der Waals surface area contributed by atoms with Crippen LogP contribution in [-0.4, -0.2) is 147 Å². The molecule has 396 valence electrons. The number of esters is 1. The summed E-state index contributed by atoms with van der Waals surface area (Å²) in [4.78, 5) is 84.3. The van der Waals surface area contributed by atoms with Crippen molar-refractivity contribution < 1.29 is 67.4 Å². The Hall–Kier alpha value is -3.70. The molecule has 2 aliphatic heterocycles. The van der Waals surface area contributed by atoms with Gasteiger partial charge in [-0.2, -0.15) is 0 Å². The van der Waals surface area contributed by atoms with Crippen molar-refractivity contribution in [1.29, 1.82) is 0 Å². The van der Waals surface area contributed by atoms with Crippen LogP contribution in [0.3, 0.4) is 0 Å². The van der Waals surface area contributed by atoms with Crippen LogP contribution in [0.4, 0.5) is 0 Å². The molecule has 15 nitrogen and oxygen atoms in total. The SMILES string of the molecule is CCOCCO[C@@H]1CC[C@@H](C[C@@H](C)[C@@H]2CC(=O)[C@H](C)/C=C(\C)[C@@H](O)[C@@H](OC)C(=O)[C@H](C)C[C@H](C)/C=C/C=C/C=C(\C)[C@@H](OC)C[C@@H](O)CC[C@@H](C)C(=O)C(=O)C(=O)N3CCCC[C@H]3C(=O)O2)C[C@H]1OC. The van der Waals surface area contributed by atoms with E-state index < -0.39 is 77.8 Å². The van der Waals surface area contributed by atoms with Gasteiger partial charge >= 0.3 is 5.97 Å². The van der Waals surface area contributed by atoms with Crippen LogP contribution in [0, 0.1) is 35.5 Å². The van der Waals surface area contributed by atoms with Gasteiger partial charge in [-0.1, -0.05) is 71.1 Å². The van der Waals surface area contributed by atoms with Crippen LogP contribution in [0.15, 0.2) is 47.6 Å². The molecule has 1 amide bonds. The van der Waals surface area contributed by atoms with Crippen molar-refractivity contribution in [2.75, 3.05) is 47.7 Å². The van der Waals surface area contributed by atoms with Gasteiger partial charge in [-0.3, -0.25) is 24.0 Å². The second kappa shape index (κ2) is 31.0. The van der Waals surface area contributed by atoms with Gasteiger partial charge in [0.1, 0.15) is 30.1 Å². The molecule has 3 aliphatic rings. The number of aliphatic hydroxyl groups is 2. The van der Waals surface area contributed by atoms with E-state index in [1.54, 1.807) is 41.1 Å². The number of hydrogen-bond acceptors (Lipinski definition) is 14. The van der Waals surface area contributed by atoms with Crippen molar-refractivity contribution in [3.8, 4) is 0 Å². The Labute approximate surface area is 418 Å². The van der Waals surface area contributed by atoms with Gasteiger partial charge in [-0.15, -0.1) is 0 Å². The summed E-state index contributed by atoms with van der Waals surface area (Å²) in [6.07, 6.45) is 11.2. The highest BCUT2D eigenvalue weighted by atomic mass is 16.6. The fourth-order valence-electron chi connectivity index (χ4n) is 10.1. The number of aliphatic hydroxyl groups excluding tert-OH is 2. The molecule has 1 aliphatic carbocycles. The van der Waals surface area contributed by atoms with Crippen molar-refractivity contribution in [2.24, 2.45) is 35.5 Å². The third-order valence-corrected chi connectivity index (χ3v) is 14.6. The summed E-state index contributed by atoms with van der Waals surface area (Å²) in [5.74, 6) is -6.72. The number of methoxy groups -OCH3 is 3. The van der Waals surface area contributed by atoms with Gasteiger partial charge in [0, 0.05) is 65.1 Å². The monoisotopic (exact) mass is 986 g/mol. The summed E-state index contributed by atoms with van der Waals surface area (Å²) in [6, 6.07) is -1.15. The van der Waals surface area contributed by atoms with Crippen LogP contribution in [0.5, 0.6) is 0 Å². The van der Waals surface area contributed by atoms with Crippen LogP contribution in [0.2, 0.25) is 0 Å². The van der Waals surface area contributed by atoms with Crippen molar-refractivity contribution >= 4 is 35.0 Å². The molecule has 14 atom stereocenters. The van der Waals surface area contributed by atoms with E-state index in [9.17, 15) is 39.0 Å². The lowest BCUT2D eigenvalue weighted by Crippen LogP contribution is -2.53. The molecule has 2 heterocycles. The average Bonchev–Trinajstić information content (AvgIpc) is 3.34. The highest BCUT2D eigenvalue weighted by Crippen LogP contribution is 2.35. The van der Waals surface area contributed by atoms with E-state index in [-0.39, 0.29) is 80.2 Å². The third-order valence-electron chi connectivity index (χ3n) is 14.6. The van der Waals surface area contributed by atoms with Crippen LogP contribution in [-0.2, 0) is 57.2 Å². The van der Waals surface area contributed by atoms with Crippen LogP contribution < -0.4 is 0 Å². The molecule has 2 N–H and O–H groups in total. The number of ketones is 4. The molecule has 15 heteroatoms.